The Bertz CT molecular complexity index is 1090. The summed E-state index contributed by atoms with van der Waals surface area (Å²) in [5.74, 6) is 1.02. The fraction of sp³-hybridized carbons (Fsp3) is 0.679. The molecule has 0 spiro atoms. The van der Waals surface area contributed by atoms with Crippen molar-refractivity contribution in [2.75, 3.05) is 24.3 Å². The molecule has 7 nitrogen and oxygen atoms in total. The van der Waals surface area contributed by atoms with Gasteiger partial charge in [0.2, 0.25) is 0 Å². The van der Waals surface area contributed by atoms with Crippen LogP contribution in [0.3, 0.4) is 0 Å². The number of aromatic hydroxyl groups is 1. The van der Waals surface area contributed by atoms with Crippen molar-refractivity contribution in [1.82, 2.24) is 4.90 Å². The van der Waals surface area contributed by atoms with Crippen molar-refractivity contribution < 1.29 is 49.7 Å². The summed E-state index contributed by atoms with van der Waals surface area (Å²) in [7, 11) is 2.04. The van der Waals surface area contributed by atoms with Crippen LogP contribution in [0.15, 0.2) is 28.2 Å². The van der Waals surface area contributed by atoms with Gasteiger partial charge in [0.05, 0.1) is 34.1 Å². The Morgan fingerprint density at radius 2 is 2.00 bits per heavy atom. The molecule has 0 aliphatic carbocycles. The molecule has 4 rings (SSSR count). The van der Waals surface area contributed by atoms with Crippen molar-refractivity contribution in [1.29, 1.82) is 0 Å². The van der Waals surface area contributed by atoms with Gasteiger partial charge < -0.3 is 20.1 Å². The molecule has 1 aromatic rings. The van der Waals surface area contributed by atoms with Gasteiger partial charge in [-0.05, 0) is 38.4 Å². The quantitative estimate of drug-likeness (QED) is 0.302. The second-order valence-corrected chi connectivity index (χ2v) is 14.1. The van der Waals surface area contributed by atoms with Crippen LogP contribution in [0.4, 0.5) is 0 Å². The number of thioether (sulfide) groups is 3. The Labute approximate surface area is 268 Å². The van der Waals surface area contributed by atoms with Gasteiger partial charge in [0.1, 0.15) is 16.3 Å². The number of hydrogen-bond donors (Lipinski definition) is 2. The van der Waals surface area contributed by atoms with Crippen LogP contribution in [-0.4, -0.2) is 84.6 Å². The maximum atomic E-state index is 11.6. The summed E-state index contributed by atoms with van der Waals surface area (Å²) in [5.41, 5.74) is 0.0947. The molecule has 5 atom stereocenters. The van der Waals surface area contributed by atoms with Crippen LogP contribution < -0.4 is 34.7 Å². The number of hydrogen-bond acceptors (Lipinski definition) is 10. The van der Waals surface area contributed by atoms with E-state index in [0.717, 1.165) is 53.4 Å². The summed E-state index contributed by atoms with van der Waals surface area (Å²) >= 11 is 4.91. The number of aryl methyl sites for hydroxylation is 1. The van der Waals surface area contributed by atoms with Gasteiger partial charge in [0, 0.05) is 28.7 Å². The van der Waals surface area contributed by atoms with E-state index in [4.69, 9.17) is 4.99 Å². The van der Waals surface area contributed by atoms with E-state index < -0.39 is 23.0 Å². The monoisotopic (exact) mass is 603 g/mol. The van der Waals surface area contributed by atoms with Crippen LogP contribution >= 0.6 is 35.3 Å². The SMILES string of the molecule is C.CCCCCc1cccc(O)c1C1=NC(C2SCC(C(O)C(C)(C)C3=NC(C)(C(=O)[O-])CS3)N2C)CS1.[Na+]. The molecule has 39 heavy (non-hydrogen) atoms. The zero-order chi connectivity index (χ0) is 27.0. The minimum atomic E-state index is -1.25. The summed E-state index contributed by atoms with van der Waals surface area (Å²) in [6.45, 7) is 7.65. The summed E-state index contributed by atoms with van der Waals surface area (Å²) in [5, 5.41) is 35.4. The van der Waals surface area contributed by atoms with Crippen molar-refractivity contribution in [2.45, 2.75) is 89.9 Å². The van der Waals surface area contributed by atoms with E-state index in [1.54, 1.807) is 36.5 Å². The number of aliphatic carboxylic acids is 1. The molecule has 1 fully saturated rings. The first-order valence-corrected chi connectivity index (χ1v) is 16.0. The predicted octanol–water partition coefficient (Wildman–Crippen LogP) is 1.04. The van der Waals surface area contributed by atoms with E-state index in [0.29, 0.717) is 16.5 Å². The minimum Gasteiger partial charge on any atom is -0.547 e. The van der Waals surface area contributed by atoms with E-state index in [9.17, 15) is 20.1 Å². The number of phenolic OH excluding ortho intramolecular Hbond substituents is 1. The number of nitrogens with zero attached hydrogens (tertiary/aromatic N) is 3. The molecule has 3 aliphatic rings. The first-order chi connectivity index (χ1) is 17.5. The Kier molecular flexibility index (Phi) is 12.8. The largest absolute Gasteiger partial charge is 1.00 e. The fourth-order valence-corrected chi connectivity index (χ4v) is 9.38. The van der Waals surface area contributed by atoms with Crippen molar-refractivity contribution in [2.24, 2.45) is 15.4 Å². The van der Waals surface area contributed by atoms with Crippen molar-refractivity contribution in [3.8, 4) is 5.75 Å². The van der Waals surface area contributed by atoms with Gasteiger partial charge in [0.25, 0.3) is 0 Å². The maximum absolute atomic E-state index is 11.6. The zero-order valence-electron chi connectivity index (χ0n) is 23.3. The molecule has 11 heteroatoms. The number of aliphatic hydroxyl groups is 1. The number of carboxylic acid groups (broad SMARTS) is 1. The van der Waals surface area contributed by atoms with Crippen molar-refractivity contribution in [3.05, 3.63) is 29.3 Å². The van der Waals surface area contributed by atoms with Crippen LogP contribution in [0.5, 0.6) is 5.75 Å². The average molecular weight is 604 g/mol. The van der Waals surface area contributed by atoms with Gasteiger partial charge in [-0.15, -0.1) is 35.3 Å². The van der Waals surface area contributed by atoms with E-state index in [-0.39, 0.29) is 54.4 Å². The third-order valence-electron chi connectivity index (χ3n) is 7.69. The first kappa shape index (κ1) is 35.0. The first-order valence-electron chi connectivity index (χ1n) is 13.0. The Morgan fingerprint density at radius 1 is 1.28 bits per heavy atom. The molecule has 1 aromatic carbocycles. The number of benzene rings is 1. The molecule has 0 bridgehead atoms. The smallest absolute Gasteiger partial charge is 0.547 e. The van der Waals surface area contributed by atoms with Gasteiger partial charge in [0.15, 0.2) is 0 Å². The second-order valence-electron chi connectivity index (χ2n) is 11.0. The number of aliphatic imine (C=N–C) groups is 2. The van der Waals surface area contributed by atoms with Gasteiger partial charge in [-0.2, -0.15) is 0 Å². The van der Waals surface area contributed by atoms with Crippen LogP contribution in [-0.2, 0) is 11.2 Å². The van der Waals surface area contributed by atoms with Gasteiger partial charge in [-0.1, -0.05) is 53.2 Å². The van der Waals surface area contributed by atoms with E-state index in [1.165, 1.54) is 11.8 Å². The molecular weight excluding hydrogens is 562 g/mol. The molecule has 0 amide bonds. The third-order valence-corrected chi connectivity index (χ3v) is 11.9. The number of aliphatic hydroxyl groups excluding tert-OH is 1. The zero-order valence-corrected chi connectivity index (χ0v) is 27.7. The molecule has 0 saturated carbocycles. The number of carbonyl (C=O) groups excluding carboxylic acids is 1. The fourth-order valence-electron chi connectivity index (χ4n) is 5.14. The van der Waals surface area contributed by atoms with Gasteiger partial charge >= 0.3 is 29.6 Å². The number of likely N-dealkylation sites (N-methyl/N-ethyl adjacent to an activating group) is 1. The Hall–Kier alpha value is -0.200. The topological polar surface area (TPSA) is 109 Å². The maximum Gasteiger partial charge on any atom is 1.00 e. The standard InChI is InChI=1S/C27H39N3O4S3.CH4.Na/c1-6-7-8-10-16-11-9-12-19(31)20(16)22-28-17(13-35-22)23-30(5)18(14-36-23)21(32)26(2,3)24-29-27(4,15-37-24)25(33)34;;/h9,11-12,17-18,21,23,31-32H,6-8,10,13-15H2,1-5H3,(H,33,34);1H4;/q;;+1/p-1. The van der Waals surface area contributed by atoms with E-state index in [2.05, 4.69) is 22.9 Å². The molecule has 212 valence electrons. The van der Waals surface area contributed by atoms with Crippen LogP contribution in [0, 0.1) is 5.41 Å². The predicted molar refractivity (Wildman–Crippen MR) is 162 cm³/mol. The Balaban J connectivity index is 0.00000267. The molecule has 1 saturated heterocycles. The number of unbranched alkanes of at least 4 members (excludes halogenated alkanes) is 2. The van der Waals surface area contributed by atoms with E-state index >= 15 is 0 Å². The van der Waals surface area contributed by atoms with Gasteiger partial charge in [-0.25, -0.2) is 0 Å². The molecule has 3 heterocycles. The Morgan fingerprint density at radius 3 is 2.64 bits per heavy atom. The summed E-state index contributed by atoms with van der Waals surface area (Å²) in [6.07, 6.45) is 3.63. The van der Waals surface area contributed by atoms with Crippen LogP contribution in [0.25, 0.3) is 0 Å². The van der Waals surface area contributed by atoms with Gasteiger partial charge in [-0.3, -0.25) is 14.9 Å². The average Bonchev–Trinajstić information content (AvgIpc) is 3.58. The molecule has 3 aliphatic heterocycles. The number of phenols is 1. The van der Waals surface area contributed by atoms with Crippen LogP contribution in [0.2, 0.25) is 0 Å². The number of carbonyl (C=O) groups is 1. The second kappa shape index (κ2) is 14.3. The summed E-state index contributed by atoms with van der Waals surface area (Å²) in [6, 6.07) is 5.70. The third kappa shape index (κ3) is 7.24. The normalized spacial score (nSPS) is 27.9. The molecule has 5 unspecified atom stereocenters. The van der Waals surface area contributed by atoms with Crippen LogP contribution in [0.1, 0.15) is 65.5 Å². The molecule has 2 N–H and O–H groups in total. The summed E-state index contributed by atoms with van der Waals surface area (Å²) < 4.78 is 0. The minimum absolute atomic E-state index is 0. The number of rotatable bonds is 10. The number of carboxylic acids is 1. The van der Waals surface area contributed by atoms with E-state index in [1.807, 2.05) is 27.0 Å². The molecule has 0 aromatic heterocycles. The molecule has 0 radical (unpaired) electrons. The summed E-state index contributed by atoms with van der Waals surface area (Å²) in [4.78, 5) is 23.4. The van der Waals surface area contributed by atoms with Crippen molar-refractivity contribution >= 4 is 51.3 Å². The van der Waals surface area contributed by atoms with Crippen molar-refractivity contribution in [3.63, 3.8) is 0 Å². The molecular formula is C28H42N3NaO4S3.